The number of carbonyl (C=O) groups excluding carboxylic acids is 4. The number of esters is 1. The van der Waals surface area contributed by atoms with Crippen molar-refractivity contribution in [3.05, 3.63) is 17.7 Å². The molecule has 0 saturated carbocycles. The van der Waals surface area contributed by atoms with Crippen LogP contribution in [-0.4, -0.2) is 50.3 Å². The van der Waals surface area contributed by atoms with Crippen molar-refractivity contribution in [3.8, 4) is 11.5 Å². The first kappa shape index (κ1) is 21.4. The van der Waals surface area contributed by atoms with Gasteiger partial charge >= 0.3 is 17.1 Å². The van der Waals surface area contributed by atoms with Crippen LogP contribution in [0.1, 0.15) is 30.6 Å². The second kappa shape index (κ2) is 9.76. The molecule has 0 bridgehead atoms. The molecule has 0 heterocycles. The maximum atomic E-state index is 12.3. The Balaban J connectivity index is 3.48. The number of Topliss-reactive ketones (excluding diaryl/α,β-unsaturated/α-hetero) is 1. The number of hydrogen-bond donors (Lipinski definition) is 0. The topological polar surface area (TPSA) is 99.2 Å². The lowest BCUT2D eigenvalue weighted by Gasteiger charge is -2.25. The number of rotatable bonds is 9. The lowest BCUT2D eigenvalue weighted by molar-refractivity contribution is -0.143. The van der Waals surface area contributed by atoms with E-state index in [9.17, 15) is 19.2 Å². The monoisotopic (exact) mass is 385 g/mol. The van der Waals surface area contributed by atoms with Crippen LogP contribution < -0.4 is 14.4 Å². The normalized spacial score (nSPS) is 10.0. The summed E-state index contributed by atoms with van der Waals surface area (Å²) in [6.45, 7) is 2.88. The predicted octanol–water partition coefficient (Wildman–Crippen LogP) is 1.96. The smallest absolute Gasteiger partial charge is 0.311 e. The fourth-order valence-electron chi connectivity index (χ4n) is 2.26. The highest BCUT2D eigenvalue weighted by atomic mass is 35.5. The van der Waals surface area contributed by atoms with Gasteiger partial charge < -0.3 is 19.1 Å². The quantitative estimate of drug-likeness (QED) is 0.277. The number of halogens is 1. The van der Waals surface area contributed by atoms with E-state index in [0.29, 0.717) is 5.75 Å². The van der Waals surface area contributed by atoms with Gasteiger partial charge in [0.2, 0.25) is 0 Å². The molecule has 0 N–H and O–H groups in total. The van der Waals surface area contributed by atoms with Crippen molar-refractivity contribution in [3.63, 3.8) is 0 Å². The standard InChI is InChI=1S/C17H20ClNO7/c1-5-26-14(21)6-7-19(17(23)16(18)22)15-12(10(2)20)8-11(24-3)9-13(15)25-4/h8-9H,5-7H2,1-4H3. The van der Waals surface area contributed by atoms with Gasteiger partial charge in [0, 0.05) is 18.2 Å². The molecule has 0 fully saturated rings. The minimum absolute atomic E-state index is 0.0316. The molecule has 0 spiro atoms. The van der Waals surface area contributed by atoms with Crippen molar-refractivity contribution in [2.24, 2.45) is 0 Å². The second-order valence-corrected chi connectivity index (χ2v) is 5.41. The van der Waals surface area contributed by atoms with Gasteiger partial charge in [-0.05, 0) is 31.5 Å². The van der Waals surface area contributed by atoms with Gasteiger partial charge in [-0.25, -0.2) is 0 Å². The summed E-state index contributed by atoms with van der Waals surface area (Å²) in [6, 6.07) is 2.86. The third-order valence-corrected chi connectivity index (χ3v) is 3.57. The third kappa shape index (κ3) is 5.19. The van der Waals surface area contributed by atoms with Crippen molar-refractivity contribution in [2.45, 2.75) is 20.3 Å². The van der Waals surface area contributed by atoms with Crippen LogP contribution in [0.25, 0.3) is 0 Å². The number of methoxy groups -OCH3 is 2. The van der Waals surface area contributed by atoms with Gasteiger partial charge in [-0.1, -0.05) is 0 Å². The highest BCUT2D eigenvalue weighted by Gasteiger charge is 2.29. The third-order valence-electron chi connectivity index (χ3n) is 3.41. The molecule has 0 atom stereocenters. The molecule has 8 nitrogen and oxygen atoms in total. The SMILES string of the molecule is CCOC(=O)CCN(C(=O)C(=O)Cl)c1c(OC)cc(OC)cc1C(C)=O. The van der Waals surface area contributed by atoms with Crippen LogP contribution in [0, 0.1) is 0 Å². The largest absolute Gasteiger partial charge is 0.497 e. The highest BCUT2D eigenvalue weighted by Crippen LogP contribution is 2.37. The molecule has 0 aliphatic heterocycles. The molecule has 0 unspecified atom stereocenters. The Kier molecular flexibility index (Phi) is 8.05. The summed E-state index contributed by atoms with van der Waals surface area (Å²) >= 11 is 5.34. The van der Waals surface area contributed by atoms with E-state index in [2.05, 4.69) is 0 Å². The Labute approximate surface area is 155 Å². The van der Waals surface area contributed by atoms with Gasteiger partial charge in [0.25, 0.3) is 0 Å². The number of hydrogen-bond acceptors (Lipinski definition) is 7. The lowest BCUT2D eigenvalue weighted by Crippen LogP contribution is -2.37. The number of anilines is 1. The summed E-state index contributed by atoms with van der Waals surface area (Å²) in [6.07, 6.45) is -0.198. The van der Waals surface area contributed by atoms with E-state index >= 15 is 0 Å². The maximum Gasteiger partial charge on any atom is 0.311 e. The van der Waals surface area contributed by atoms with E-state index < -0.39 is 22.9 Å². The molecule has 0 aliphatic rings. The summed E-state index contributed by atoms with van der Waals surface area (Å²) in [5.74, 6) is -1.62. The van der Waals surface area contributed by atoms with Crippen molar-refractivity contribution in [2.75, 3.05) is 32.3 Å². The average Bonchev–Trinajstić information content (AvgIpc) is 2.61. The van der Waals surface area contributed by atoms with Crippen LogP contribution in [0.15, 0.2) is 12.1 Å². The summed E-state index contributed by atoms with van der Waals surface area (Å²) in [4.78, 5) is 48.4. The van der Waals surface area contributed by atoms with Crippen LogP contribution >= 0.6 is 11.6 Å². The minimum Gasteiger partial charge on any atom is -0.497 e. The van der Waals surface area contributed by atoms with Gasteiger partial charge in [0.05, 0.1) is 32.9 Å². The Hall–Kier alpha value is -2.61. The molecule has 1 amide bonds. The predicted molar refractivity (Wildman–Crippen MR) is 94.0 cm³/mol. The fraction of sp³-hybridized carbons (Fsp3) is 0.412. The summed E-state index contributed by atoms with van der Waals surface area (Å²) in [7, 11) is 2.74. The van der Waals surface area contributed by atoms with Gasteiger partial charge in [0.15, 0.2) is 5.78 Å². The van der Waals surface area contributed by atoms with E-state index in [1.807, 2.05) is 0 Å². The fourth-order valence-corrected chi connectivity index (χ4v) is 2.36. The van der Waals surface area contributed by atoms with Crippen LogP contribution in [0.3, 0.4) is 0 Å². The molecule has 1 aromatic rings. The number of benzene rings is 1. The molecular formula is C17H20ClNO7. The molecule has 0 radical (unpaired) electrons. The molecule has 0 aromatic heterocycles. The zero-order valence-electron chi connectivity index (χ0n) is 15.0. The molecule has 9 heteroatoms. The Morgan fingerprint density at radius 3 is 2.23 bits per heavy atom. The van der Waals surface area contributed by atoms with Crippen molar-refractivity contribution < 1.29 is 33.4 Å². The van der Waals surface area contributed by atoms with Crippen LogP contribution in [0.5, 0.6) is 11.5 Å². The Bertz CT molecular complexity index is 717. The van der Waals surface area contributed by atoms with E-state index in [1.165, 1.54) is 33.3 Å². The highest BCUT2D eigenvalue weighted by molar-refractivity contribution is 6.82. The summed E-state index contributed by atoms with van der Waals surface area (Å²) in [5.41, 5.74) is 0.112. The van der Waals surface area contributed by atoms with E-state index in [0.717, 1.165) is 4.90 Å². The molecular weight excluding hydrogens is 366 g/mol. The molecule has 26 heavy (non-hydrogen) atoms. The van der Waals surface area contributed by atoms with Crippen molar-refractivity contribution in [1.82, 2.24) is 0 Å². The number of ether oxygens (including phenoxy) is 3. The summed E-state index contributed by atoms with van der Waals surface area (Å²) in [5, 5.41) is -1.26. The van der Waals surface area contributed by atoms with Crippen LogP contribution in [0.4, 0.5) is 5.69 Å². The molecule has 142 valence electrons. The van der Waals surface area contributed by atoms with E-state index in [1.54, 1.807) is 6.92 Å². The number of ketones is 1. The van der Waals surface area contributed by atoms with Gasteiger partial charge in [-0.2, -0.15) is 0 Å². The van der Waals surface area contributed by atoms with Crippen molar-refractivity contribution in [1.29, 1.82) is 0 Å². The first-order valence-electron chi connectivity index (χ1n) is 7.70. The Morgan fingerprint density at radius 1 is 1.12 bits per heavy atom. The zero-order chi connectivity index (χ0) is 19.9. The molecule has 1 rings (SSSR count). The number of nitrogens with zero attached hydrogens (tertiary/aromatic N) is 1. The van der Waals surface area contributed by atoms with E-state index in [-0.39, 0.29) is 36.6 Å². The van der Waals surface area contributed by atoms with Crippen LogP contribution in [-0.2, 0) is 19.1 Å². The maximum absolute atomic E-state index is 12.3. The second-order valence-electron chi connectivity index (χ2n) is 5.07. The molecule has 0 aliphatic carbocycles. The van der Waals surface area contributed by atoms with Crippen molar-refractivity contribution >= 4 is 40.2 Å². The van der Waals surface area contributed by atoms with Crippen LogP contribution in [0.2, 0.25) is 0 Å². The molecule has 0 saturated heterocycles. The zero-order valence-corrected chi connectivity index (χ0v) is 15.7. The first-order chi connectivity index (χ1) is 12.3. The van der Waals surface area contributed by atoms with Gasteiger partial charge in [0.1, 0.15) is 11.5 Å². The van der Waals surface area contributed by atoms with E-state index in [4.69, 9.17) is 25.8 Å². The van der Waals surface area contributed by atoms with Gasteiger partial charge in [-0.15, -0.1) is 0 Å². The Morgan fingerprint density at radius 2 is 1.77 bits per heavy atom. The average molecular weight is 386 g/mol. The lowest BCUT2D eigenvalue weighted by atomic mass is 10.1. The number of carbonyl (C=O) groups is 4. The van der Waals surface area contributed by atoms with Gasteiger partial charge in [-0.3, -0.25) is 19.2 Å². The number of amides is 1. The first-order valence-corrected chi connectivity index (χ1v) is 8.08. The molecule has 1 aromatic carbocycles. The summed E-state index contributed by atoms with van der Waals surface area (Å²) < 4.78 is 15.2. The minimum atomic E-state index is -1.26.